The Morgan fingerprint density at radius 3 is 2.82 bits per heavy atom. The molecule has 1 aromatic carbocycles. The number of nitrogens with zero attached hydrogens (tertiary/aromatic N) is 1. The molecule has 1 aliphatic rings. The van der Waals surface area contributed by atoms with Crippen LogP contribution in [0.2, 0.25) is 0 Å². The lowest BCUT2D eigenvalue weighted by Crippen LogP contribution is -2.36. The fraction of sp³-hybridized carbons (Fsp3) is 0.538. The Morgan fingerprint density at radius 1 is 1.29 bits per heavy atom. The molecule has 4 heteroatoms. The van der Waals surface area contributed by atoms with Crippen LogP contribution < -0.4 is 0 Å². The van der Waals surface area contributed by atoms with E-state index in [1.54, 1.807) is 6.07 Å². The van der Waals surface area contributed by atoms with Crippen molar-refractivity contribution >= 4 is 15.9 Å². The van der Waals surface area contributed by atoms with E-state index in [0.717, 1.165) is 55.7 Å². The molecule has 0 amide bonds. The van der Waals surface area contributed by atoms with Crippen molar-refractivity contribution < 1.29 is 9.13 Å². The summed E-state index contributed by atoms with van der Waals surface area (Å²) in [5, 5.41) is 0. The van der Waals surface area contributed by atoms with E-state index >= 15 is 0 Å². The molecule has 94 valence electrons. The number of hydrogen-bond acceptors (Lipinski definition) is 2. The van der Waals surface area contributed by atoms with Crippen LogP contribution in [0.15, 0.2) is 22.7 Å². The van der Waals surface area contributed by atoms with Crippen LogP contribution in [0.4, 0.5) is 4.39 Å². The monoisotopic (exact) mass is 301 g/mol. The predicted octanol–water partition coefficient (Wildman–Crippen LogP) is 2.85. The van der Waals surface area contributed by atoms with E-state index in [2.05, 4.69) is 20.8 Å². The van der Waals surface area contributed by atoms with Crippen molar-refractivity contribution in [1.29, 1.82) is 0 Å². The van der Waals surface area contributed by atoms with Gasteiger partial charge >= 0.3 is 0 Å². The molecule has 0 radical (unpaired) electrons. The van der Waals surface area contributed by atoms with Crippen molar-refractivity contribution in [2.75, 3.05) is 32.8 Å². The number of ether oxygens (including phenoxy) is 1. The van der Waals surface area contributed by atoms with Gasteiger partial charge in [0, 0.05) is 17.6 Å². The second kappa shape index (κ2) is 6.47. The molecule has 0 unspecified atom stereocenters. The summed E-state index contributed by atoms with van der Waals surface area (Å²) < 4.78 is 19.7. The van der Waals surface area contributed by atoms with Crippen LogP contribution in [-0.2, 0) is 11.2 Å². The highest BCUT2D eigenvalue weighted by molar-refractivity contribution is 9.10. The van der Waals surface area contributed by atoms with E-state index in [1.165, 1.54) is 6.07 Å². The Kier molecular flexibility index (Phi) is 4.95. The molecule has 1 aliphatic heterocycles. The van der Waals surface area contributed by atoms with Gasteiger partial charge in [0.2, 0.25) is 0 Å². The van der Waals surface area contributed by atoms with Crippen molar-refractivity contribution in [3.05, 3.63) is 34.1 Å². The van der Waals surface area contributed by atoms with Gasteiger partial charge in [-0.15, -0.1) is 0 Å². The average molecular weight is 302 g/mol. The van der Waals surface area contributed by atoms with Gasteiger partial charge < -0.3 is 4.74 Å². The molecule has 0 bridgehead atoms. The van der Waals surface area contributed by atoms with Gasteiger partial charge in [0.1, 0.15) is 5.82 Å². The maximum Gasteiger partial charge on any atom is 0.126 e. The zero-order chi connectivity index (χ0) is 12.1. The number of benzene rings is 1. The normalized spacial score (nSPS) is 17.3. The highest BCUT2D eigenvalue weighted by atomic mass is 79.9. The summed E-state index contributed by atoms with van der Waals surface area (Å²) >= 11 is 3.37. The van der Waals surface area contributed by atoms with Crippen LogP contribution in [0.25, 0.3) is 0 Å². The lowest BCUT2D eigenvalue weighted by molar-refractivity contribution is 0.0374. The van der Waals surface area contributed by atoms with Crippen LogP contribution in [0.5, 0.6) is 0 Å². The fourth-order valence-electron chi connectivity index (χ4n) is 2.05. The minimum Gasteiger partial charge on any atom is -0.379 e. The van der Waals surface area contributed by atoms with Crippen LogP contribution in [0.1, 0.15) is 12.0 Å². The fourth-order valence-corrected chi connectivity index (χ4v) is 2.46. The highest BCUT2D eigenvalue weighted by Gasteiger charge is 2.10. The second-order valence-corrected chi connectivity index (χ2v) is 5.21. The Balaban J connectivity index is 1.79. The molecule has 0 saturated carbocycles. The zero-order valence-corrected chi connectivity index (χ0v) is 11.4. The highest BCUT2D eigenvalue weighted by Crippen LogP contribution is 2.17. The van der Waals surface area contributed by atoms with Crippen molar-refractivity contribution in [3.8, 4) is 0 Å². The molecule has 0 aromatic heterocycles. The molecule has 0 aliphatic carbocycles. The molecule has 17 heavy (non-hydrogen) atoms. The number of hydrogen-bond donors (Lipinski definition) is 0. The first-order valence-corrected chi connectivity index (χ1v) is 6.79. The summed E-state index contributed by atoms with van der Waals surface area (Å²) in [7, 11) is 0. The third-order valence-electron chi connectivity index (χ3n) is 3.03. The van der Waals surface area contributed by atoms with E-state index in [9.17, 15) is 4.39 Å². The number of rotatable bonds is 4. The van der Waals surface area contributed by atoms with Gasteiger partial charge in [-0.1, -0.05) is 15.9 Å². The van der Waals surface area contributed by atoms with Gasteiger partial charge in [-0.05, 0) is 43.1 Å². The van der Waals surface area contributed by atoms with E-state index in [1.807, 2.05) is 6.07 Å². The SMILES string of the molecule is Fc1ccc(Br)cc1CCCN1CCOCC1. The summed E-state index contributed by atoms with van der Waals surface area (Å²) in [6.07, 6.45) is 1.79. The number of halogens is 2. The lowest BCUT2D eigenvalue weighted by atomic mass is 10.1. The quantitative estimate of drug-likeness (QED) is 0.848. The predicted molar refractivity (Wildman–Crippen MR) is 69.7 cm³/mol. The Morgan fingerprint density at radius 2 is 2.06 bits per heavy atom. The molecule has 1 heterocycles. The first-order chi connectivity index (χ1) is 8.25. The summed E-state index contributed by atoms with van der Waals surface area (Å²) in [5.41, 5.74) is 0.799. The minimum atomic E-state index is -0.102. The van der Waals surface area contributed by atoms with Crippen molar-refractivity contribution in [2.45, 2.75) is 12.8 Å². The molecule has 1 fully saturated rings. The number of aryl methyl sites for hydroxylation is 1. The first kappa shape index (κ1) is 13.0. The Labute approximate surface area is 110 Å². The van der Waals surface area contributed by atoms with Gasteiger partial charge in [0.05, 0.1) is 13.2 Å². The van der Waals surface area contributed by atoms with E-state index in [0.29, 0.717) is 0 Å². The molecule has 2 rings (SSSR count). The maximum atomic E-state index is 13.5. The number of morpholine rings is 1. The average Bonchev–Trinajstić information content (AvgIpc) is 2.35. The van der Waals surface area contributed by atoms with Gasteiger partial charge in [0.25, 0.3) is 0 Å². The molecular weight excluding hydrogens is 285 g/mol. The van der Waals surface area contributed by atoms with E-state index < -0.39 is 0 Å². The van der Waals surface area contributed by atoms with Gasteiger partial charge in [0.15, 0.2) is 0 Å². The summed E-state index contributed by atoms with van der Waals surface area (Å²) in [6.45, 7) is 4.67. The smallest absolute Gasteiger partial charge is 0.126 e. The van der Waals surface area contributed by atoms with Gasteiger partial charge in [-0.25, -0.2) is 4.39 Å². The molecular formula is C13H17BrFNO. The summed E-state index contributed by atoms with van der Waals surface area (Å²) in [4.78, 5) is 2.37. The standard InChI is InChI=1S/C13H17BrFNO/c14-12-3-4-13(15)11(10-12)2-1-5-16-6-8-17-9-7-16/h3-4,10H,1-2,5-9H2. The summed E-state index contributed by atoms with van der Waals surface area (Å²) in [6, 6.07) is 5.13. The van der Waals surface area contributed by atoms with Gasteiger partial charge in [-0.3, -0.25) is 4.90 Å². The van der Waals surface area contributed by atoms with Crippen molar-refractivity contribution in [1.82, 2.24) is 4.90 Å². The first-order valence-electron chi connectivity index (χ1n) is 6.00. The molecule has 2 nitrogen and oxygen atoms in total. The molecule has 0 atom stereocenters. The topological polar surface area (TPSA) is 12.5 Å². The molecule has 0 spiro atoms. The molecule has 0 N–H and O–H groups in total. The summed E-state index contributed by atoms with van der Waals surface area (Å²) in [5.74, 6) is -0.102. The maximum absolute atomic E-state index is 13.5. The Hall–Kier alpha value is -0.450. The van der Waals surface area contributed by atoms with Crippen LogP contribution >= 0.6 is 15.9 Å². The third kappa shape index (κ3) is 4.05. The molecule has 1 saturated heterocycles. The van der Waals surface area contributed by atoms with E-state index in [4.69, 9.17) is 4.74 Å². The van der Waals surface area contributed by atoms with Crippen LogP contribution in [-0.4, -0.2) is 37.7 Å². The lowest BCUT2D eigenvalue weighted by Gasteiger charge is -2.26. The third-order valence-corrected chi connectivity index (χ3v) is 3.53. The molecule has 1 aromatic rings. The largest absolute Gasteiger partial charge is 0.379 e. The van der Waals surface area contributed by atoms with Crippen LogP contribution in [0.3, 0.4) is 0 Å². The van der Waals surface area contributed by atoms with Gasteiger partial charge in [-0.2, -0.15) is 0 Å². The second-order valence-electron chi connectivity index (χ2n) is 4.29. The van der Waals surface area contributed by atoms with E-state index in [-0.39, 0.29) is 5.82 Å². The Bertz CT molecular complexity index is 366. The van der Waals surface area contributed by atoms with Crippen molar-refractivity contribution in [2.24, 2.45) is 0 Å². The van der Waals surface area contributed by atoms with Crippen LogP contribution in [0, 0.1) is 5.82 Å². The zero-order valence-electron chi connectivity index (χ0n) is 9.79. The van der Waals surface area contributed by atoms with Crippen molar-refractivity contribution in [3.63, 3.8) is 0 Å². The minimum absolute atomic E-state index is 0.102.